The molecule has 0 radical (unpaired) electrons. The zero-order valence-corrected chi connectivity index (χ0v) is 11.2. The molecular formula is C13H11ClFNOS. The first-order valence-corrected chi connectivity index (χ1v) is 6.68. The number of thiophene rings is 1. The Hall–Kier alpha value is -1.39. The topological polar surface area (TPSA) is 29.1 Å². The summed E-state index contributed by atoms with van der Waals surface area (Å²) in [6.07, 6.45) is 0. The van der Waals surface area contributed by atoms with Gasteiger partial charge in [0.25, 0.3) is 5.91 Å². The summed E-state index contributed by atoms with van der Waals surface area (Å²) in [5.74, 6) is -1.04. The van der Waals surface area contributed by atoms with Crippen LogP contribution in [0.4, 0.5) is 4.39 Å². The smallest absolute Gasteiger partial charge is 0.254 e. The third-order valence-electron chi connectivity index (χ3n) is 2.56. The fourth-order valence-electron chi connectivity index (χ4n) is 1.55. The van der Waals surface area contributed by atoms with E-state index in [1.54, 1.807) is 11.3 Å². The van der Waals surface area contributed by atoms with Crippen molar-refractivity contribution in [3.63, 3.8) is 0 Å². The molecule has 1 heterocycles. The fourth-order valence-corrected chi connectivity index (χ4v) is 2.48. The van der Waals surface area contributed by atoms with E-state index in [-0.39, 0.29) is 11.6 Å². The first-order valence-electron chi connectivity index (χ1n) is 5.36. The summed E-state index contributed by atoms with van der Waals surface area (Å²) < 4.78 is 13.5. The lowest BCUT2D eigenvalue weighted by molar-refractivity contribution is 0.0936. The highest BCUT2D eigenvalue weighted by Crippen LogP contribution is 2.18. The van der Waals surface area contributed by atoms with Crippen molar-refractivity contribution < 1.29 is 9.18 Å². The maximum absolute atomic E-state index is 13.5. The third kappa shape index (κ3) is 2.89. The molecule has 1 unspecified atom stereocenters. The molecule has 0 saturated heterocycles. The van der Waals surface area contributed by atoms with Gasteiger partial charge >= 0.3 is 0 Å². The molecule has 1 N–H and O–H groups in total. The van der Waals surface area contributed by atoms with Crippen LogP contribution in [0.5, 0.6) is 0 Å². The molecule has 0 fully saturated rings. The molecule has 2 nitrogen and oxygen atoms in total. The molecule has 2 rings (SSSR count). The lowest BCUT2D eigenvalue weighted by Gasteiger charge is -2.13. The van der Waals surface area contributed by atoms with E-state index in [0.717, 1.165) is 5.56 Å². The largest absolute Gasteiger partial charge is 0.345 e. The van der Waals surface area contributed by atoms with Crippen LogP contribution in [0.25, 0.3) is 0 Å². The second kappa shape index (κ2) is 5.50. The molecule has 0 aliphatic carbocycles. The number of rotatable bonds is 3. The predicted molar refractivity (Wildman–Crippen MR) is 71.6 cm³/mol. The normalized spacial score (nSPS) is 12.2. The van der Waals surface area contributed by atoms with Crippen LogP contribution in [-0.2, 0) is 0 Å². The second-order valence-electron chi connectivity index (χ2n) is 3.88. The lowest BCUT2D eigenvalue weighted by Crippen LogP contribution is -2.27. The van der Waals surface area contributed by atoms with Crippen LogP contribution in [0.1, 0.15) is 28.9 Å². The van der Waals surface area contributed by atoms with Gasteiger partial charge in [0.2, 0.25) is 0 Å². The van der Waals surface area contributed by atoms with E-state index in [1.165, 1.54) is 18.2 Å². The van der Waals surface area contributed by atoms with Gasteiger partial charge in [-0.05, 0) is 47.5 Å². The summed E-state index contributed by atoms with van der Waals surface area (Å²) in [5.41, 5.74) is 0.959. The minimum Gasteiger partial charge on any atom is -0.345 e. The average Bonchev–Trinajstić information content (AvgIpc) is 2.85. The Labute approximate surface area is 113 Å². The molecule has 1 aromatic heterocycles. The van der Waals surface area contributed by atoms with E-state index in [2.05, 4.69) is 5.32 Å². The molecule has 0 aliphatic rings. The molecule has 18 heavy (non-hydrogen) atoms. The number of hydrogen-bond acceptors (Lipinski definition) is 2. The molecular weight excluding hydrogens is 273 g/mol. The summed E-state index contributed by atoms with van der Waals surface area (Å²) in [5, 5.41) is 6.95. The van der Waals surface area contributed by atoms with Gasteiger partial charge in [-0.2, -0.15) is 11.3 Å². The Morgan fingerprint density at radius 2 is 2.22 bits per heavy atom. The molecule has 1 atom stereocenters. The van der Waals surface area contributed by atoms with Crippen LogP contribution in [0.2, 0.25) is 5.02 Å². The molecule has 0 bridgehead atoms. The van der Waals surface area contributed by atoms with Crippen LogP contribution >= 0.6 is 22.9 Å². The van der Waals surface area contributed by atoms with Crippen LogP contribution in [0.3, 0.4) is 0 Å². The van der Waals surface area contributed by atoms with Gasteiger partial charge in [0.15, 0.2) is 0 Å². The van der Waals surface area contributed by atoms with Crippen molar-refractivity contribution in [1.29, 1.82) is 0 Å². The third-order valence-corrected chi connectivity index (χ3v) is 3.50. The van der Waals surface area contributed by atoms with Crippen molar-refractivity contribution in [2.75, 3.05) is 0 Å². The molecule has 0 saturated carbocycles. The summed E-state index contributed by atoms with van der Waals surface area (Å²) in [7, 11) is 0. The number of benzene rings is 1. The number of hydrogen-bond donors (Lipinski definition) is 1. The van der Waals surface area contributed by atoms with Gasteiger partial charge in [-0.3, -0.25) is 4.79 Å². The average molecular weight is 284 g/mol. The van der Waals surface area contributed by atoms with Crippen molar-refractivity contribution in [1.82, 2.24) is 5.32 Å². The molecule has 0 spiro atoms. The van der Waals surface area contributed by atoms with E-state index in [4.69, 9.17) is 11.6 Å². The fraction of sp³-hybridized carbons (Fsp3) is 0.154. The standard InChI is InChI=1S/C13H11ClFNOS/c1-8(9-4-5-18-7-9)16-13(17)11-6-10(14)2-3-12(11)15/h2-8H,1H3,(H,16,17). The Balaban J connectivity index is 2.15. The van der Waals surface area contributed by atoms with Crippen LogP contribution in [-0.4, -0.2) is 5.91 Å². The van der Waals surface area contributed by atoms with Gasteiger partial charge in [0.05, 0.1) is 11.6 Å². The van der Waals surface area contributed by atoms with E-state index >= 15 is 0 Å². The van der Waals surface area contributed by atoms with Gasteiger partial charge in [-0.25, -0.2) is 4.39 Å². The molecule has 94 valence electrons. The monoisotopic (exact) mass is 283 g/mol. The van der Waals surface area contributed by atoms with Crippen molar-refractivity contribution in [3.8, 4) is 0 Å². The van der Waals surface area contributed by atoms with Crippen LogP contribution < -0.4 is 5.32 Å². The van der Waals surface area contributed by atoms with E-state index in [0.29, 0.717) is 5.02 Å². The molecule has 1 aromatic carbocycles. The first-order chi connectivity index (χ1) is 8.58. The van der Waals surface area contributed by atoms with E-state index in [1.807, 2.05) is 23.8 Å². The quantitative estimate of drug-likeness (QED) is 0.905. The van der Waals surface area contributed by atoms with Crippen LogP contribution in [0, 0.1) is 5.82 Å². The SMILES string of the molecule is CC(NC(=O)c1cc(Cl)ccc1F)c1ccsc1. The molecule has 1 amide bonds. The number of halogens is 2. The Bertz CT molecular complexity index is 556. The molecule has 5 heteroatoms. The maximum Gasteiger partial charge on any atom is 0.254 e. The van der Waals surface area contributed by atoms with Crippen molar-refractivity contribution in [2.45, 2.75) is 13.0 Å². The zero-order chi connectivity index (χ0) is 13.1. The van der Waals surface area contributed by atoms with E-state index in [9.17, 15) is 9.18 Å². The van der Waals surface area contributed by atoms with E-state index < -0.39 is 11.7 Å². The Morgan fingerprint density at radius 1 is 1.44 bits per heavy atom. The molecule has 0 aliphatic heterocycles. The lowest BCUT2D eigenvalue weighted by atomic mass is 10.1. The van der Waals surface area contributed by atoms with Crippen LogP contribution in [0.15, 0.2) is 35.0 Å². The summed E-state index contributed by atoms with van der Waals surface area (Å²) in [4.78, 5) is 11.9. The zero-order valence-electron chi connectivity index (χ0n) is 9.61. The number of carbonyl (C=O) groups excluding carboxylic acids is 1. The van der Waals surface area contributed by atoms with Gasteiger partial charge in [-0.1, -0.05) is 11.6 Å². The van der Waals surface area contributed by atoms with Gasteiger partial charge < -0.3 is 5.32 Å². The predicted octanol–water partition coefficient (Wildman–Crippen LogP) is 4.03. The molecule has 2 aromatic rings. The number of amides is 1. The first kappa shape index (κ1) is 13.1. The number of carbonyl (C=O) groups is 1. The Morgan fingerprint density at radius 3 is 2.89 bits per heavy atom. The summed E-state index contributed by atoms with van der Waals surface area (Å²) >= 11 is 7.30. The summed E-state index contributed by atoms with van der Waals surface area (Å²) in [6, 6.07) is 5.68. The number of nitrogens with one attached hydrogen (secondary N) is 1. The summed E-state index contributed by atoms with van der Waals surface area (Å²) in [6.45, 7) is 1.85. The Kier molecular flexibility index (Phi) is 3.99. The second-order valence-corrected chi connectivity index (χ2v) is 5.09. The van der Waals surface area contributed by atoms with Gasteiger partial charge in [0, 0.05) is 5.02 Å². The van der Waals surface area contributed by atoms with Crippen molar-refractivity contribution in [3.05, 3.63) is 57.0 Å². The van der Waals surface area contributed by atoms with Gasteiger partial charge in [0.1, 0.15) is 5.82 Å². The highest BCUT2D eigenvalue weighted by atomic mass is 35.5. The highest BCUT2D eigenvalue weighted by Gasteiger charge is 2.15. The minimum atomic E-state index is -0.575. The van der Waals surface area contributed by atoms with Crippen molar-refractivity contribution in [2.24, 2.45) is 0 Å². The van der Waals surface area contributed by atoms with Gasteiger partial charge in [-0.15, -0.1) is 0 Å². The van der Waals surface area contributed by atoms with Crippen molar-refractivity contribution >= 4 is 28.8 Å². The highest BCUT2D eigenvalue weighted by molar-refractivity contribution is 7.07. The maximum atomic E-state index is 13.5. The minimum absolute atomic E-state index is 0.0374.